The predicted octanol–water partition coefficient (Wildman–Crippen LogP) is 2.46. The number of fused-ring (bicyclic) bond motifs is 1. The van der Waals surface area contributed by atoms with E-state index in [0.717, 1.165) is 61.7 Å². The minimum Gasteiger partial charge on any atom is -0.497 e. The molecule has 0 spiro atoms. The van der Waals surface area contributed by atoms with E-state index in [1.54, 1.807) is 14.0 Å². The van der Waals surface area contributed by atoms with Crippen molar-refractivity contribution in [3.05, 3.63) is 53.6 Å². The van der Waals surface area contributed by atoms with Crippen molar-refractivity contribution < 1.29 is 14.6 Å². The number of ether oxygens (including phenoxy) is 1. The standard InChI is InChI=1S/C23H29N3O3/c1-17(27)26-10-9-18-15-19(3-8-22(18)26)23(28)16-24-11-13-25(14-12-24)20-4-6-21(29-2)7-5-20/h3-8,15,23,28H,9-14,16H2,1-2H3/t23-/m1/s1. The van der Waals surface area contributed by atoms with Gasteiger partial charge in [-0.25, -0.2) is 0 Å². The number of carbonyl (C=O) groups is 1. The summed E-state index contributed by atoms with van der Waals surface area (Å²) in [6, 6.07) is 14.2. The monoisotopic (exact) mass is 395 g/mol. The van der Waals surface area contributed by atoms with E-state index in [0.29, 0.717) is 6.54 Å². The van der Waals surface area contributed by atoms with Crippen LogP contribution in [0.4, 0.5) is 11.4 Å². The van der Waals surface area contributed by atoms with Gasteiger partial charge in [0, 0.05) is 57.6 Å². The van der Waals surface area contributed by atoms with Crippen molar-refractivity contribution in [2.24, 2.45) is 0 Å². The number of anilines is 2. The summed E-state index contributed by atoms with van der Waals surface area (Å²) in [6.07, 6.45) is 0.343. The fourth-order valence-corrected chi connectivity index (χ4v) is 4.29. The Morgan fingerprint density at radius 2 is 1.79 bits per heavy atom. The number of hydrogen-bond acceptors (Lipinski definition) is 5. The van der Waals surface area contributed by atoms with Crippen molar-refractivity contribution in [3.63, 3.8) is 0 Å². The average molecular weight is 396 g/mol. The SMILES string of the molecule is COc1ccc(N2CCN(C[C@@H](O)c3ccc4c(c3)CCN4C(C)=O)CC2)cc1. The largest absolute Gasteiger partial charge is 0.497 e. The molecule has 2 aromatic rings. The van der Waals surface area contributed by atoms with E-state index in [9.17, 15) is 9.90 Å². The Hall–Kier alpha value is -2.57. The van der Waals surface area contributed by atoms with Crippen molar-refractivity contribution in [2.75, 3.05) is 56.2 Å². The third kappa shape index (κ3) is 4.23. The van der Waals surface area contributed by atoms with Crippen LogP contribution in [-0.2, 0) is 11.2 Å². The van der Waals surface area contributed by atoms with Crippen LogP contribution in [0.3, 0.4) is 0 Å². The van der Waals surface area contributed by atoms with E-state index >= 15 is 0 Å². The Bertz CT molecular complexity index is 860. The lowest BCUT2D eigenvalue weighted by molar-refractivity contribution is -0.116. The molecule has 6 heteroatoms. The third-order valence-electron chi connectivity index (χ3n) is 6.00. The molecule has 0 aromatic heterocycles. The van der Waals surface area contributed by atoms with Gasteiger partial charge in [0.2, 0.25) is 5.91 Å². The van der Waals surface area contributed by atoms with Crippen molar-refractivity contribution >= 4 is 17.3 Å². The maximum absolute atomic E-state index is 11.7. The van der Waals surface area contributed by atoms with Gasteiger partial charge in [0.15, 0.2) is 0 Å². The van der Waals surface area contributed by atoms with E-state index in [2.05, 4.69) is 28.0 Å². The van der Waals surface area contributed by atoms with E-state index < -0.39 is 6.10 Å². The highest BCUT2D eigenvalue weighted by Crippen LogP contribution is 2.31. The lowest BCUT2D eigenvalue weighted by atomic mass is 10.0. The van der Waals surface area contributed by atoms with Crippen molar-refractivity contribution in [1.29, 1.82) is 0 Å². The molecule has 0 saturated carbocycles. The summed E-state index contributed by atoms with van der Waals surface area (Å²) in [7, 11) is 1.68. The van der Waals surface area contributed by atoms with Crippen LogP contribution in [0.2, 0.25) is 0 Å². The summed E-state index contributed by atoms with van der Waals surface area (Å²) in [5.41, 5.74) is 4.29. The highest BCUT2D eigenvalue weighted by atomic mass is 16.5. The predicted molar refractivity (Wildman–Crippen MR) is 115 cm³/mol. The van der Waals surface area contributed by atoms with Gasteiger partial charge in [0.1, 0.15) is 5.75 Å². The van der Waals surface area contributed by atoms with Crippen LogP contribution in [0.1, 0.15) is 24.2 Å². The van der Waals surface area contributed by atoms with Crippen LogP contribution < -0.4 is 14.5 Å². The van der Waals surface area contributed by atoms with Gasteiger partial charge >= 0.3 is 0 Å². The molecule has 2 aliphatic rings. The highest BCUT2D eigenvalue weighted by Gasteiger charge is 2.24. The van der Waals surface area contributed by atoms with Crippen LogP contribution in [-0.4, -0.2) is 62.3 Å². The first-order valence-corrected chi connectivity index (χ1v) is 10.3. The second-order valence-electron chi connectivity index (χ2n) is 7.81. The summed E-state index contributed by atoms with van der Waals surface area (Å²) in [4.78, 5) is 18.2. The van der Waals surface area contributed by atoms with Gasteiger partial charge in [0.25, 0.3) is 0 Å². The molecule has 1 fully saturated rings. The van der Waals surface area contributed by atoms with Crippen molar-refractivity contribution in [1.82, 2.24) is 4.90 Å². The summed E-state index contributed by atoms with van der Waals surface area (Å²) in [6.45, 7) is 6.69. The number of aliphatic hydroxyl groups is 1. The number of piperazine rings is 1. The molecule has 0 aliphatic carbocycles. The minimum absolute atomic E-state index is 0.0757. The van der Waals surface area contributed by atoms with Gasteiger partial charge in [0.05, 0.1) is 13.2 Å². The number of aliphatic hydroxyl groups excluding tert-OH is 1. The van der Waals surface area contributed by atoms with Crippen LogP contribution in [0.5, 0.6) is 5.75 Å². The van der Waals surface area contributed by atoms with Crippen molar-refractivity contribution in [2.45, 2.75) is 19.4 Å². The Labute approximate surface area is 172 Å². The van der Waals surface area contributed by atoms with Gasteiger partial charge in [-0.1, -0.05) is 12.1 Å². The summed E-state index contributed by atoms with van der Waals surface area (Å²) in [5, 5.41) is 10.8. The van der Waals surface area contributed by atoms with E-state index in [4.69, 9.17) is 4.74 Å². The first kappa shape index (κ1) is 19.7. The Morgan fingerprint density at radius 1 is 1.07 bits per heavy atom. The molecule has 4 rings (SSSR count). The van der Waals surface area contributed by atoms with Gasteiger partial charge in [-0.15, -0.1) is 0 Å². The normalized spacial score (nSPS) is 17.9. The number of rotatable bonds is 5. The zero-order valence-electron chi connectivity index (χ0n) is 17.2. The first-order valence-electron chi connectivity index (χ1n) is 10.3. The smallest absolute Gasteiger partial charge is 0.223 e. The fraction of sp³-hybridized carbons (Fsp3) is 0.435. The first-order chi connectivity index (χ1) is 14.0. The molecule has 0 radical (unpaired) electrons. The molecule has 1 N–H and O–H groups in total. The maximum Gasteiger partial charge on any atom is 0.223 e. The summed E-state index contributed by atoms with van der Waals surface area (Å²) < 4.78 is 5.23. The van der Waals surface area contributed by atoms with E-state index in [-0.39, 0.29) is 5.91 Å². The van der Waals surface area contributed by atoms with Gasteiger partial charge < -0.3 is 19.6 Å². The molecule has 2 aliphatic heterocycles. The van der Waals surface area contributed by atoms with Crippen LogP contribution >= 0.6 is 0 Å². The Morgan fingerprint density at radius 3 is 2.45 bits per heavy atom. The number of amides is 1. The second-order valence-corrected chi connectivity index (χ2v) is 7.81. The highest BCUT2D eigenvalue weighted by molar-refractivity contribution is 5.93. The van der Waals surface area contributed by atoms with E-state index in [1.807, 2.05) is 29.2 Å². The average Bonchev–Trinajstić information content (AvgIpc) is 3.18. The van der Waals surface area contributed by atoms with Gasteiger partial charge in [-0.3, -0.25) is 9.69 Å². The molecule has 0 bridgehead atoms. The van der Waals surface area contributed by atoms with Crippen LogP contribution in [0.15, 0.2) is 42.5 Å². The van der Waals surface area contributed by atoms with Gasteiger partial charge in [-0.05, 0) is 47.9 Å². The number of benzene rings is 2. The third-order valence-corrected chi connectivity index (χ3v) is 6.00. The molecule has 154 valence electrons. The molecule has 2 heterocycles. The summed E-state index contributed by atoms with van der Waals surface area (Å²) in [5.74, 6) is 0.947. The molecule has 1 atom stereocenters. The number of methoxy groups -OCH3 is 1. The molecule has 1 amide bonds. The van der Waals surface area contributed by atoms with Crippen LogP contribution in [0.25, 0.3) is 0 Å². The molecular weight excluding hydrogens is 366 g/mol. The number of β-amino-alcohol motifs (C(OH)–C–C–N with tert-alkyl or cyclic N) is 1. The Balaban J connectivity index is 1.33. The fourth-order valence-electron chi connectivity index (χ4n) is 4.29. The number of carbonyl (C=O) groups excluding carboxylic acids is 1. The van der Waals surface area contributed by atoms with Crippen LogP contribution in [0, 0.1) is 0 Å². The summed E-state index contributed by atoms with van der Waals surface area (Å²) >= 11 is 0. The lowest BCUT2D eigenvalue weighted by Gasteiger charge is -2.37. The molecule has 1 saturated heterocycles. The lowest BCUT2D eigenvalue weighted by Crippen LogP contribution is -2.47. The number of nitrogens with zero attached hydrogens (tertiary/aromatic N) is 3. The maximum atomic E-state index is 11.7. The molecule has 6 nitrogen and oxygen atoms in total. The minimum atomic E-state index is -0.515. The zero-order valence-corrected chi connectivity index (χ0v) is 17.2. The van der Waals surface area contributed by atoms with E-state index in [1.165, 1.54) is 5.69 Å². The quantitative estimate of drug-likeness (QED) is 0.843. The number of hydrogen-bond donors (Lipinski definition) is 1. The Kier molecular flexibility index (Phi) is 5.74. The molecule has 2 aromatic carbocycles. The molecule has 29 heavy (non-hydrogen) atoms. The second kappa shape index (κ2) is 8.43. The topological polar surface area (TPSA) is 56.2 Å². The molecular formula is C23H29N3O3. The van der Waals surface area contributed by atoms with Gasteiger partial charge in [-0.2, -0.15) is 0 Å². The van der Waals surface area contributed by atoms with Crippen molar-refractivity contribution in [3.8, 4) is 5.75 Å². The zero-order chi connectivity index (χ0) is 20.4. The molecule has 0 unspecified atom stereocenters.